The van der Waals surface area contributed by atoms with Crippen LogP contribution in [-0.2, 0) is 4.74 Å². The van der Waals surface area contributed by atoms with Gasteiger partial charge in [-0.3, -0.25) is 10.1 Å². The molecule has 0 aromatic heterocycles. The van der Waals surface area contributed by atoms with E-state index in [1.54, 1.807) is 7.11 Å². The molecule has 8 heteroatoms. The van der Waals surface area contributed by atoms with E-state index in [9.17, 15) is 15.2 Å². The Kier molecular flexibility index (Phi) is 7.44. The fourth-order valence-electron chi connectivity index (χ4n) is 1.58. The highest BCUT2D eigenvalue weighted by Gasteiger charge is 2.17. The van der Waals surface area contributed by atoms with E-state index in [0.717, 1.165) is 0 Å². The van der Waals surface area contributed by atoms with Crippen LogP contribution in [0.4, 0.5) is 5.69 Å². The topological polar surface area (TPSA) is 103 Å². The lowest BCUT2D eigenvalue weighted by Crippen LogP contribution is -2.33. The first-order valence-corrected chi connectivity index (χ1v) is 6.41. The van der Waals surface area contributed by atoms with E-state index in [-0.39, 0.29) is 18.0 Å². The van der Waals surface area contributed by atoms with E-state index < -0.39 is 11.0 Å². The summed E-state index contributed by atoms with van der Waals surface area (Å²) >= 11 is 0. The Morgan fingerprint density at radius 2 is 2.19 bits per heavy atom. The monoisotopic (exact) mass is 300 g/mol. The molecule has 0 aliphatic rings. The van der Waals surface area contributed by atoms with Gasteiger partial charge in [-0.15, -0.1) is 0 Å². The molecule has 2 N–H and O–H groups in total. The number of hydrogen-bond acceptors (Lipinski definition) is 7. The molecule has 118 valence electrons. The predicted octanol–water partition coefficient (Wildman–Crippen LogP) is 0.579. The highest BCUT2D eigenvalue weighted by Crippen LogP contribution is 2.31. The summed E-state index contributed by atoms with van der Waals surface area (Å²) in [5.41, 5.74) is -0.171. The van der Waals surface area contributed by atoms with Crippen molar-refractivity contribution in [3.63, 3.8) is 0 Å². The number of rotatable bonds is 10. The maximum Gasteiger partial charge on any atom is 0.311 e. The first-order chi connectivity index (χ1) is 10.1. The summed E-state index contributed by atoms with van der Waals surface area (Å²) in [6.07, 6.45) is -0.785. The Bertz CT molecular complexity index is 454. The van der Waals surface area contributed by atoms with Crippen LogP contribution in [0.2, 0.25) is 0 Å². The van der Waals surface area contributed by atoms with Gasteiger partial charge >= 0.3 is 5.69 Å². The Labute approximate surface area is 122 Å². The second-order valence-corrected chi connectivity index (χ2v) is 4.25. The average Bonchev–Trinajstić information content (AvgIpc) is 2.49. The minimum atomic E-state index is -0.785. The van der Waals surface area contributed by atoms with Crippen molar-refractivity contribution in [1.29, 1.82) is 0 Å². The first kappa shape index (κ1) is 17.2. The SMILES string of the molecule is COCCNCC(O)COc1cc(OC)ccc1[N+](=O)[O-]. The fourth-order valence-corrected chi connectivity index (χ4v) is 1.58. The number of ether oxygens (including phenoxy) is 3. The lowest BCUT2D eigenvalue weighted by atomic mass is 10.2. The van der Waals surface area contributed by atoms with E-state index in [0.29, 0.717) is 25.4 Å². The molecule has 0 amide bonds. The second kappa shape index (κ2) is 9.11. The Morgan fingerprint density at radius 1 is 1.43 bits per heavy atom. The van der Waals surface area contributed by atoms with Gasteiger partial charge in [-0.1, -0.05) is 0 Å². The van der Waals surface area contributed by atoms with Crippen molar-refractivity contribution in [3.05, 3.63) is 28.3 Å². The Hall–Kier alpha value is -1.90. The first-order valence-electron chi connectivity index (χ1n) is 6.41. The summed E-state index contributed by atoms with van der Waals surface area (Å²) in [4.78, 5) is 10.4. The van der Waals surface area contributed by atoms with Crippen molar-refractivity contribution in [1.82, 2.24) is 5.32 Å². The Morgan fingerprint density at radius 3 is 2.81 bits per heavy atom. The summed E-state index contributed by atoms with van der Waals surface area (Å²) in [5.74, 6) is 0.513. The number of methoxy groups -OCH3 is 2. The third kappa shape index (κ3) is 5.94. The minimum Gasteiger partial charge on any atom is -0.497 e. The summed E-state index contributed by atoms with van der Waals surface area (Å²) in [6.45, 7) is 1.39. The standard InChI is InChI=1S/C13H20N2O6/c1-19-6-5-14-8-10(16)9-21-13-7-11(20-2)3-4-12(13)15(17)18/h3-4,7,10,14,16H,5-6,8-9H2,1-2H3. The van der Waals surface area contributed by atoms with Crippen LogP contribution in [0.15, 0.2) is 18.2 Å². The third-order valence-corrected chi connectivity index (χ3v) is 2.66. The fraction of sp³-hybridized carbons (Fsp3) is 0.538. The zero-order valence-corrected chi connectivity index (χ0v) is 12.1. The van der Waals surface area contributed by atoms with Crippen LogP contribution in [0.1, 0.15) is 0 Å². The molecule has 21 heavy (non-hydrogen) atoms. The van der Waals surface area contributed by atoms with E-state index in [1.807, 2.05) is 0 Å². The van der Waals surface area contributed by atoms with E-state index in [2.05, 4.69) is 5.32 Å². The molecule has 0 bridgehead atoms. The summed E-state index contributed by atoms with van der Waals surface area (Å²) in [6, 6.07) is 4.20. The number of nitrogens with one attached hydrogen (secondary N) is 1. The van der Waals surface area contributed by atoms with Crippen molar-refractivity contribution in [2.45, 2.75) is 6.10 Å². The average molecular weight is 300 g/mol. The highest BCUT2D eigenvalue weighted by molar-refractivity contribution is 5.50. The van der Waals surface area contributed by atoms with Gasteiger partial charge in [-0.05, 0) is 6.07 Å². The van der Waals surface area contributed by atoms with Gasteiger partial charge in [-0.25, -0.2) is 0 Å². The minimum absolute atomic E-state index is 0.0615. The molecule has 1 atom stereocenters. The lowest BCUT2D eigenvalue weighted by molar-refractivity contribution is -0.385. The van der Waals surface area contributed by atoms with Gasteiger partial charge in [0.1, 0.15) is 18.5 Å². The number of nitro groups is 1. The van der Waals surface area contributed by atoms with Gasteiger partial charge < -0.3 is 24.6 Å². The number of nitrogens with zero attached hydrogens (tertiary/aromatic N) is 1. The number of aliphatic hydroxyl groups is 1. The third-order valence-electron chi connectivity index (χ3n) is 2.66. The molecule has 0 saturated heterocycles. The van der Waals surface area contributed by atoms with Crippen LogP contribution >= 0.6 is 0 Å². The quantitative estimate of drug-likeness (QED) is 0.370. The van der Waals surface area contributed by atoms with Crippen LogP contribution in [0.5, 0.6) is 11.5 Å². The van der Waals surface area contributed by atoms with Crippen molar-refractivity contribution in [3.8, 4) is 11.5 Å². The summed E-state index contributed by atoms with van der Waals surface area (Å²) in [7, 11) is 3.04. The number of nitro benzene ring substituents is 1. The molecule has 1 aromatic rings. The largest absolute Gasteiger partial charge is 0.497 e. The molecular weight excluding hydrogens is 280 g/mol. The van der Waals surface area contributed by atoms with Crippen molar-refractivity contribution in [2.75, 3.05) is 40.5 Å². The molecule has 1 rings (SSSR count). The van der Waals surface area contributed by atoms with Gasteiger partial charge in [0.25, 0.3) is 0 Å². The van der Waals surface area contributed by atoms with Gasteiger partial charge in [0.15, 0.2) is 0 Å². The number of aliphatic hydroxyl groups excluding tert-OH is 1. The van der Waals surface area contributed by atoms with Gasteiger partial charge in [0, 0.05) is 32.3 Å². The van der Waals surface area contributed by atoms with Crippen molar-refractivity contribution >= 4 is 5.69 Å². The Balaban J connectivity index is 2.54. The molecule has 0 radical (unpaired) electrons. The second-order valence-electron chi connectivity index (χ2n) is 4.25. The molecule has 0 spiro atoms. The predicted molar refractivity (Wildman–Crippen MR) is 75.9 cm³/mol. The number of hydrogen-bond donors (Lipinski definition) is 2. The maximum absolute atomic E-state index is 10.9. The van der Waals surface area contributed by atoms with Crippen LogP contribution in [-0.4, -0.2) is 56.7 Å². The van der Waals surface area contributed by atoms with E-state index in [4.69, 9.17) is 14.2 Å². The molecule has 1 unspecified atom stereocenters. The van der Waals surface area contributed by atoms with E-state index >= 15 is 0 Å². The molecule has 0 fully saturated rings. The molecule has 0 aliphatic carbocycles. The lowest BCUT2D eigenvalue weighted by Gasteiger charge is -2.13. The zero-order valence-electron chi connectivity index (χ0n) is 12.1. The van der Waals surface area contributed by atoms with Crippen molar-refractivity contribution < 1.29 is 24.2 Å². The molecule has 0 saturated carbocycles. The molecule has 8 nitrogen and oxygen atoms in total. The van der Waals surface area contributed by atoms with E-state index in [1.165, 1.54) is 25.3 Å². The van der Waals surface area contributed by atoms with Crippen LogP contribution in [0.25, 0.3) is 0 Å². The summed E-state index contributed by atoms with van der Waals surface area (Å²) in [5, 5.41) is 23.6. The van der Waals surface area contributed by atoms with Crippen LogP contribution in [0, 0.1) is 10.1 Å². The zero-order chi connectivity index (χ0) is 15.7. The van der Waals surface area contributed by atoms with Gasteiger partial charge in [-0.2, -0.15) is 0 Å². The molecule has 1 aromatic carbocycles. The maximum atomic E-state index is 10.9. The molecule has 0 aliphatic heterocycles. The number of benzene rings is 1. The van der Waals surface area contributed by atoms with Gasteiger partial charge in [0.05, 0.1) is 18.6 Å². The summed E-state index contributed by atoms with van der Waals surface area (Å²) < 4.78 is 15.2. The van der Waals surface area contributed by atoms with Crippen LogP contribution in [0.3, 0.4) is 0 Å². The van der Waals surface area contributed by atoms with Crippen molar-refractivity contribution in [2.24, 2.45) is 0 Å². The van der Waals surface area contributed by atoms with Gasteiger partial charge in [0.2, 0.25) is 5.75 Å². The van der Waals surface area contributed by atoms with Crippen LogP contribution < -0.4 is 14.8 Å². The molecular formula is C13H20N2O6. The molecule has 0 heterocycles. The smallest absolute Gasteiger partial charge is 0.311 e. The normalized spacial score (nSPS) is 12.0. The highest BCUT2D eigenvalue weighted by atomic mass is 16.6.